The van der Waals surface area contributed by atoms with Crippen LogP contribution in [-0.2, 0) is 4.74 Å². The monoisotopic (exact) mass is 236 g/mol. The minimum atomic E-state index is 0.320. The number of nitrogens with two attached hydrogens (primary N) is 1. The Labute approximate surface area is 102 Å². The minimum absolute atomic E-state index is 0.320. The molecule has 1 aromatic rings. The molecule has 0 aromatic heterocycles. The maximum absolute atomic E-state index is 5.98. The summed E-state index contributed by atoms with van der Waals surface area (Å²) < 4.78 is 10.7. The highest BCUT2D eigenvalue weighted by atomic mass is 16.5. The zero-order valence-electron chi connectivity index (χ0n) is 10.4. The molecule has 94 valence electrons. The van der Waals surface area contributed by atoms with Crippen molar-refractivity contribution >= 4 is 11.4 Å². The summed E-state index contributed by atoms with van der Waals surface area (Å²) in [5.41, 5.74) is 7.68. The molecule has 2 atom stereocenters. The Balaban J connectivity index is 2.02. The van der Waals surface area contributed by atoms with Gasteiger partial charge in [-0.25, -0.2) is 0 Å². The Morgan fingerprint density at radius 1 is 1.47 bits per heavy atom. The third kappa shape index (κ3) is 3.03. The molecular formula is C13H20N2O2. The lowest BCUT2D eigenvalue weighted by Gasteiger charge is -2.29. The van der Waals surface area contributed by atoms with Gasteiger partial charge in [0, 0.05) is 18.7 Å². The van der Waals surface area contributed by atoms with Crippen molar-refractivity contribution in [1.82, 2.24) is 0 Å². The van der Waals surface area contributed by atoms with Crippen molar-refractivity contribution in [3.8, 4) is 5.75 Å². The van der Waals surface area contributed by atoms with Crippen LogP contribution >= 0.6 is 0 Å². The zero-order valence-corrected chi connectivity index (χ0v) is 10.4. The number of methoxy groups -OCH3 is 1. The summed E-state index contributed by atoms with van der Waals surface area (Å²) in [4.78, 5) is 0. The third-order valence-electron chi connectivity index (χ3n) is 3.10. The largest absolute Gasteiger partial charge is 0.497 e. The third-order valence-corrected chi connectivity index (χ3v) is 3.10. The molecule has 1 aliphatic heterocycles. The molecule has 2 unspecified atom stereocenters. The number of hydrogen-bond donors (Lipinski definition) is 2. The van der Waals surface area contributed by atoms with Gasteiger partial charge in [0.2, 0.25) is 0 Å². The molecule has 0 aliphatic carbocycles. The number of anilines is 2. The van der Waals surface area contributed by atoms with Crippen molar-refractivity contribution in [2.24, 2.45) is 0 Å². The number of nitrogens with one attached hydrogen (secondary N) is 1. The Morgan fingerprint density at radius 2 is 2.29 bits per heavy atom. The quantitative estimate of drug-likeness (QED) is 0.790. The molecule has 2 rings (SSSR count). The number of hydrogen-bond acceptors (Lipinski definition) is 4. The van der Waals surface area contributed by atoms with E-state index in [0.29, 0.717) is 12.1 Å². The second kappa shape index (κ2) is 5.27. The molecular weight excluding hydrogens is 216 g/mol. The molecule has 4 heteroatoms. The van der Waals surface area contributed by atoms with Crippen LogP contribution in [0.4, 0.5) is 11.4 Å². The van der Waals surface area contributed by atoms with Gasteiger partial charge < -0.3 is 20.5 Å². The van der Waals surface area contributed by atoms with E-state index in [1.54, 1.807) is 7.11 Å². The molecule has 0 radical (unpaired) electrons. The Hall–Kier alpha value is -1.42. The highest BCUT2D eigenvalue weighted by Gasteiger charge is 2.19. The fourth-order valence-electron chi connectivity index (χ4n) is 2.15. The van der Waals surface area contributed by atoms with Crippen molar-refractivity contribution in [2.45, 2.75) is 31.9 Å². The lowest BCUT2D eigenvalue weighted by atomic mass is 10.0. The summed E-state index contributed by atoms with van der Waals surface area (Å²) in [7, 11) is 1.64. The molecule has 0 bridgehead atoms. The van der Waals surface area contributed by atoms with Crippen LogP contribution < -0.4 is 15.8 Å². The van der Waals surface area contributed by atoms with Gasteiger partial charge in [-0.3, -0.25) is 0 Å². The van der Waals surface area contributed by atoms with E-state index in [9.17, 15) is 0 Å². The van der Waals surface area contributed by atoms with Gasteiger partial charge in [0.05, 0.1) is 24.6 Å². The average molecular weight is 236 g/mol. The maximum atomic E-state index is 5.98. The van der Waals surface area contributed by atoms with Crippen molar-refractivity contribution in [3.63, 3.8) is 0 Å². The molecule has 0 spiro atoms. The van der Waals surface area contributed by atoms with Crippen molar-refractivity contribution in [3.05, 3.63) is 18.2 Å². The van der Waals surface area contributed by atoms with Crippen LogP contribution in [0.3, 0.4) is 0 Å². The Bertz CT molecular complexity index is 382. The lowest BCUT2D eigenvalue weighted by Crippen LogP contribution is -2.32. The fraction of sp³-hybridized carbons (Fsp3) is 0.538. The molecule has 0 saturated carbocycles. The molecule has 3 N–H and O–H groups in total. The first kappa shape index (κ1) is 12.0. The summed E-state index contributed by atoms with van der Waals surface area (Å²) in [6, 6.07) is 6.16. The van der Waals surface area contributed by atoms with Crippen LogP contribution in [-0.4, -0.2) is 25.9 Å². The zero-order chi connectivity index (χ0) is 12.3. The van der Waals surface area contributed by atoms with Gasteiger partial charge in [-0.15, -0.1) is 0 Å². The average Bonchev–Trinajstić information content (AvgIpc) is 2.32. The first-order valence-corrected chi connectivity index (χ1v) is 6.00. The van der Waals surface area contributed by atoms with E-state index < -0.39 is 0 Å². The van der Waals surface area contributed by atoms with E-state index in [1.165, 1.54) is 0 Å². The second-order valence-electron chi connectivity index (χ2n) is 4.50. The summed E-state index contributed by atoms with van der Waals surface area (Å²) in [5.74, 6) is 0.786. The molecule has 1 heterocycles. The standard InChI is InChI=1S/C13H20N2O2/c1-9-7-10(5-6-17-9)15-13-4-3-11(16-2)8-12(13)14/h3-4,8-10,15H,5-7,14H2,1-2H3. The number of benzene rings is 1. The number of ether oxygens (including phenoxy) is 2. The van der Waals surface area contributed by atoms with E-state index in [0.717, 1.165) is 36.6 Å². The number of nitrogen functional groups attached to an aromatic ring is 1. The molecule has 1 aliphatic rings. The van der Waals surface area contributed by atoms with Crippen molar-refractivity contribution in [1.29, 1.82) is 0 Å². The number of rotatable bonds is 3. The van der Waals surface area contributed by atoms with Gasteiger partial charge in [-0.05, 0) is 31.9 Å². The van der Waals surface area contributed by atoms with E-state index in [2.05, 4.69) is 12.2 Å². The molecule has 0 amide bonds. The lowest BCUT2D eigenvalue weighted by molar-refractivity contribution is 0.0232. The molecule has 4 nitrogen and oxygen atoms in total. The van der Waals surface area contributed by atoms with Gasteiger partial charge in [0.1, 0.15) is 5.75 Å². The van der Waals surface area contributed by atoms with E-state index in [1.807, 2.05) is 18.2 Å². The van der Waals surface area contributed by atoms with Crippen molar-refractivity contribution < 1.29 is 9.47 Å². The molecule has 1 saturated heterocycles. The van der Waals surface area contributed by atoms with Gasteiger partial charge in [-0.2, -0.15) is 0 Å². The summed E-state index contributed by atoms with van der Waals surface area (Å²) in [5, 5.41) is 3.47. The fourth-order valence-corrected chi connectivity index (χ4v) is 2.15. The summed E-state index contributed by atoms with van der Waals surface area (Å²) in [6.45, 7) is 2.92. The van der Waals surface area contributed by atoms with Crippen LogP contribution in [0.15, 0.2) is 18.2 Å². The highest BCUT2D eigenvalue weighted by molar-refractivity contribution is 5.68. The first-order valence-electron chi connectivity index (χ1n) is 6.00. The predicted molar refractivity (Wildman–Crippen MR) is 69.5 cm³/mol. The van der Waals surface area contributed by atoms with E-state index in [-0.39, 0.29) is 0 Å². The van der Waals surface area contributed by atoms with Crippen LogP contribution in [0, 0.1) is 0 Å². The molecule has 1 aromatic carbocycles. The Kier molecular flexibility index (Phi) is 3.74. The van der Waals surface area contributed by atoms with Gasteiger partial charge >= 0.3 is 0 Å². The topological polar surface area (TPSA) is 56.5 Å². The smallest absolute Gasteiger partial charge is 0.121 e. The van der Waals surface area contributed by atoms with E-state index in [4.69, 9.17) is 15.2 Å². The molecule has 1 fully saturated rings. The van der Waals surface area contributed by atoms with Crippen LogP contribution in [0.1, 0.15) is 19.8 Å². The van der Waals surface area contributed by atoms with Gasteiger partial charge in [-0.1, -0.05) is 0 Å². The molecule has 17 heavy (non-hydrogen) atoms. The summed E-state index contributed by atoms with van der Waals surface area (Å²) in [6.07, 6.45) is 2.36. The first-order chi connectivity index (χ1) is 8.19. The second-order valence-corrected chi connectivity index (χ2v) is 4.50. The summed E-state index contributed by atoms with van der Waals surface area (Å²) >= 11 is 0. The van der Waals surface area contributed by atoms with Crippen molar-refractivity contribution in [2.75, 3.05) is 24.8 Å². The predicted octanol–water partition coefficient (Wildman–Crippen LogP) is 2.26. The maximum Gasteiger partial charge on any atom is 0.121 e. The van der Waals surface area contributed by atoms with Crippen LogP contribution in [0.25, 0.3) is 0 Å². The highest BCUT2D eigenvalue weighted by Crippen LogP contribution is 2.26. The normalized spacial score (nSPS) is 24.4. The van der Waals surface area contributed by atoms with Crippen LogP contribution in [0.5, 0.6) is 5.75 Å². The Morgan fingerprint density at radius 3 is 2.94 bits per heavy atom. The van der Waals surface area contributed by atoms with Crippen LogP contribution in [0.2, 0.25) is 0 Å². The van der Waals surface area contributed by atoms with E-state index >= 15 is 0 Å². The minimum Gasteiger partial charge on any atom is -0.497 e. The van der Waals surface area contributed by atoms with Gasteiger partial charge in [0.25, 0.3) is 0 Å². The van der Waals surface area contributed by atoms with Gasteiger partial charge in [0.15, 0.2) is 0 Å². The SMILES string of the molecule is COc1ccc(NC2CCOC(C)C2)c(N)c1.